The molecule has 0 spiro atoms. The first kappa shape index (κ1) is 26.2. The van der Waals surface area contributed by atoms with Crippen LogP contribution in [0.1, 0.15) is 66.6 Å². The molecule has 0 fully saturated rings. The Morgan fingerprint density at radius 1 is 1.19 bits per heavy atom. The van der Waals surface area contributed by atoms with Crippen molar-refractivity contribution < 1.29 is 40.6 Å². The zero-order chi connectivity index (χ0) is 26.6. The van der Waals surface area contributed by atoms with Crippen molar-refractivity contribution in [3.05, 3.63) is 64.6 Å². The zero-order valence-corrected chi connectivity index (χ0v) is 20.6. The molecule has 0 aliphatic heterocycles. The zero-order valence-electron chi connectivity index (χ0n) is 19.8. The molecule has 0 amide bonds. The molecular weight excluding hydrogens is 502 g/mol. The molecule has 6 nitrogen and oxygen atoms in total. The number of rotatable bonds is 5. The summed E-state index contributed by atoms with van der Waals surface area (Å²) in [4.78, 5) is 11.9. The highest BCUT2D eigenvalue weighted by Crippen LogP contribution is 2.48. The lowest BCUT2D eigenvalue weighted by Crippen LogP contribution is -2.22. The summed E-state index contributed by atoms with van der Waals surface area (Å²) < 4.78 is 85.9. The topological polar surface area (TPSA) is 85.6 Å². The Kier molecular flexibility index (Phi) is 6.67. The van der Waals surface area contributed by atoms with Crippen LogP contribution in [0.2, 0.25) is 0 Å². The van der Waals surface area contributed by atoms with Gasteiger partial charge in [0.05, 0.1) is 41.7 Å². The fourth-order valence-electron chi connectivity index (χ4n) is 5.09. The van der Waals surface area contributed by atoms with Crippen LogP contribution in [0.25, 0.3) is 10.9 Å². The van der Waals surface area contributed by atoms with Gasteiger partial charge in [-0.1, -0.05) is 12.1 Å². The van der Waals surface area contributed by atoms with E-state index in [-0.39, 0.29) is 28.6 Å². The van der Waals surface area contributed by atoms with Gasteiger partial charge >= 0.3 is 12.1 Å². The Balaban J connectivity index is 2.06. The normalized spacial score (nSPS) is 19.2. The first-order chi connectivity index (χ1) is 16.7. The third-order valence-electron chi connectivity index (χ3n) is 6.76. The summed E-state index contributed by atoms with van der Waals surface area (Å²) in [5.74, 6) is -1.82. The van der Waals surface area contributed by atoms with Crippen molar-refractivity contribution >= 4 is 26.7 Å². The molecule has 0 saturated carbocycles. The number of benzene rings is 2. The molecule has 1 heterocycles. The lowest BCUT2D eigenvalue weighted by Gasteiger charge is -2.30. The predicted molar refractivity (Wildman–Crippen MR) is 124 cm³/mol. The van der Waals surface area contributed by atoms with Gasteiger partial charge in [-0.2, -0.15) is 13.2 Å². The van der Waals surface area contributed by atoms with Crippen molar-refractivity contribution in [2.24, 2.45) is 0 Å². The number of halogens is 4. The van der Waals surface area contributed by atoms with Gasteiger partial charge in [0, 0.05) is 28.8 Å². The molecule has 0 radical (unpaired) electrons. The number of nitrogens with zero attached hydrogens (tertiary/aromatic N) is 1. The predicted octanol–water partition coefficient (Wildman–Crippen LogP) is 5.29. The van der Waals surface area contributed by atoms with Crippen molar-refractivity contribution in [2.45, 2.75) is 55.3 Å². The molecule has 0 unspecified atom stereocenters. The van der Waals surface area contributed by atoms with Gasteiger partial charge < -0.3 is 14.4 Å². The number of hydrogen-bond acceptors (Lipinski definition) is 5. The quantitative estimate of drug-likeness (QED) is 0.360. The summed E-state index contributed by atoms with van der Waals surface area (Å²) in [6.07, 6.45) is -4.08. The second kappa shape index (κ2) is 9.19. The number of aliphatic hydroxyl groups is 1. The number of esters is 1. The van der Waals surface area contributed by atoms with E-state index in [1.165, 1.54) is 19.2 Å². The molecule has 1 N–H and O–H groups in total. The number of methoxy groups -OCH3 is 1. The van der Waals surface area contributed by atoms with Gasteiger partial charge in [0.25, 0.3) is 0 Å². The summed E-state index contributed by atoms with van der Waals surface area (Å²) in [6, 6.07) is 5.77. The molecule has 4 rings (SSSR count). The Hall–Kier alpha value is -2.92. The van der Waals surface area contributed by atoms with E-state index >= 15 is 0 Å². The molecule has 0 bridgehead atoms. The first-order valence-corrected chi connectivity index (χ1v) is 13.1. The number of alkyl halides is 3. The van der Waals surface area contributed by atoms with Crippen LogP contribution in [0, 0.1) is 5.82 Å². The summed E-state index contributed by atoms with van der Waals surface area (Å²) in [7, 11) is -2.73. The number of aromatic nitrogens is 1. The third kappa shape index (κ3) is 4.61. The van der Waals surface area contributed by atoms with E-state index in [4.69, 9.17) is 4.74 Å². The minimum absolute atomic E-state index is 0.0665. The number of carbonyl (C=O) groups excluding carboxylic acids is 1. The second-order valence-electron chi connectivity index (χ2n) is 9.11. The van der Waals surface area contributed by atoms with Crippen LogP contribution >= 0.6 is 0 Å². The SMILES string of the molecule is COC(=O)C[C@H]1CC[C@@H](O)c2c1n([C@@H](C)c1ccc(C(F)(F)F)cc1)c1c(S(C)(=O)=O)cc(F)cc21. The van der Waals surface area contributed by atoms with Crippen LogP contribution in [0.5, 0.6) is 0 Å². The third-order valence-corrected chi connectivity index (χ3v) is 7.87. The molecule has 194 valence electrons. The van der Waals surface area contributed by atoms with Gasteiger partial charge in [-0.05, 0) is 49.6 Å². The van der Waals surface area contributed by atoms with E-state index in [2.05, 4.69) is 0 Å². The molecular formula is C25H25F4NO5S. The van der Waals surface area contributed by atoms with Crippen molar-refractivity contribution in [3.63, 3.8) is 0 Å². The van der Waals surface area contributed by atoms with Crippen LogP contribution in [0.15, 0.2) is 41.3 Å². The van der Waals surface area contributed by atoms with Crippen LogP contribution in [0.3, 0.4) is 0 Å². The molecule has 1 aliphatic carbocycles. The van der Waals surface area contributed by atoms with E-state index in [1.54, 1.807) is 11.5 Å². The van der Waals surface area contributed by atoms with Crippen molar-refractivity contribution in [2.75, 3.05) is 13.4 Å². The second-order valence-corrected chi connectivity index (χ2v) is 11.1. The number of carbonyl (C=O) groups is 1. The van der Waals surface area contributed by atoms with Crippen LogP contribution in [0.4, 0.5) is 17.6 Å². The summed E-state index contributed by atoms with van der Waals surface area (Å²) in [5, 5.41) is 11.1. The molecule has 2 aromatic carbocycles. The Labute approximate surface area is 205 Å². The van der Waals surface area contributed by atoms with Gasteiger partial charge in [-0.3, -0.25) is 4.79 Å². The largest absolute Gasteiger partial charge is 0.469 e. The highest BCUT2D eigenvalue weighted by atomic mass is 32.2. The van der Waals surface area contributed by atoms with Crippen molar-refractivity contribution in [1.29, 1.82) is 0 Å². The molecule has 0 saturated heterocycles. The first-order valence-electron chi connectivity index (χ1n) is 11.2. The fourth-order valence-corrected chi connectivity index (χ4v) is 5.98. The van der Waals surface area contributed by atoms with Gasteiger partial charge in [0.15, 0.2) is 9.84 Å². The average molecular weight is 528 g/mol. The molecule has 36 heavy (non-hydrogen) atoms. The maximum absolute atomic E-state index is 14.6. The van der Waals surface area contributed by atoms with Gasteiger partial charge in [-0.15, -0.1) is 0 Å². The highest BCUT2D eigenvalue weighted by Gasteiger charge is 2.37. The number of hydrogen-bond donors (Lipinski definition) is 1. The maximum Gasteiger partial charge on any atom is 0.416 e. The van der Waals surface area contributed by atoms with Gasteiger partial charge in [0.1, 0.15) is 5.82 Å². The monoisotopic (exact) mass is 527 g/mol. The van der Waals surface area contributed by atoms with E-state index in [1.807, 2.05) is 0 Å². The highest BCUT2D eigenvalue weighted by molar-refractivity contribution is 7.91. The minimum atomic E-state index is -4.53. The standard InChI is InChI=1S/C25H25F4NO5S/c1-13(14-4-7-16(8-5-14)25(27,28)29)30-23-15(10-21(32)35-2)6-9-19(31)22(23)18-11-17(26)12-20(24(18)30)36(3,33)34/h4-5,7-8,11-13,15,19,31H,6,9-10H2,1-3H3/t13-,15+,19+/m0/s1. The Morgan fingerprint density at radius 2 is 1.83 bits per heavy atom. The Morgan fingerprint density at radius 3 is 2.39 bits per heavy atom. The van der Waals surface area contributed by atoms with Crippen molar-refractivity contribution in [3.8, 4) is 0 Å². The molecule has 11 heteroatoms. The lowest BCUT2D eigenvalue weighted by atomic mass is 9.82. The molecule has 1 aromatic heterocycles. The van der Waals surface area contributed by atoms with Crippen LogP contribution < -0.4 is 0 Å². The molecule has 3 atom stereocenters. The fraction of sp³-hybridized carbons (Fsp3) is 0.400. The van der Waals surface area contributed by atoms with Crippen LogP contribution in [-0.4, -0.2) is 37.4 Å². The minimum Gasteiger partial charge on any atom is -0.469 e. The van der Waals surface area contributed by atoms with E-state index < -0.39 is 51.4 Å². The number of aliphatic hydroxyl groups excluding tert-OH is 1. The maximum atomic E-state index is 14.6. The number of fused-ring (bicyclic) bond motifs is 3. The lowest BCUT2D eigenvalue weighted by molar-refractivity contribution is -0.141. The van der Waals surface area contributed by atoms with Gasteiger partial charge in [0.2, 0.25) is 0 Å². The summed E-state index contributed by atoms with van der Waals surface area (Å²) in [6.45, 7) is 1.67. The summed E-state index contributed by atoms with van der Waals surface area (Å²) >= 11 is 0. The van der Waals surface area contributed by atoms with E-state index in [0.29, 0.717) is 23.2 Å². The van der Waals surface area contributed by atoms with Crippen LogP contribution in [-0.2, 0) is 25.5 Å². The van der Waals surface area contributed by atoms with Crippen molar-refractivity contribution in [1.82, 2.24) is 4.57 Å². The number of sulfone groups is 1. The summed E-state index contributed by atoms with van der Waals surface area (Å²) in [5.41, 5.74) is 0.483. The van der Waals surface area contributed by atoms with E-state index in [9.17, 15) is 35.9 Å². The average Bonchev–Trinajstić information content (AvgIpc) is 3.14. The Bertz CT molecular complexity index is 1430. The molecule has 3 aromatic rings. The van der Waals surface area contributed by atoms with E-state index in [0.717, 1.165) is 30.5 Å². The smallest absolute Gasteiger partial charge is 0.416 e. The van der Waals surface area contributed by atoms with Gasteiger partial charge in [-0.25, -0.2) is 12.8 Å². The number of ether oxygens (including phenoxy) is 1. The molecule has 1 aliphatic rings.